The Hall–Kier alpha value is -3.95. The number of carbonyl (C=O) groups excluding carboxylic acids is 2. The smallest absolute Gasteiger partial charge is 0.326 e. The molecule has 0 spiro atoms. The van der Waals surface area contributed by atoms with Gasteiger partial charge in [-0.1, -0.05) is 51.7 Å². The Labute approximate surface area is 300 Å². The van der Waals surface area contributed by atoms with Crippen molar-refractivity contribution in [2.75, 3.05) is 51.6 Å². The zero-order chi connectivity index (χ0) is 36.5. The van der Waals surface area contributed by atoms with E-state index in [1.165, 1.54) is 0 Å². The molecule has 15 heteroatoms. The maximum absolute atomic E-state index is 14.6. The van der Waals surface area contributed by atoms with Gasteiger partial charge in [0.15, 0.2) is 9.84 Å². The van der Waals surface area contributed by atoms with Gasteiger partial charge in [0.25, 0.3) is 0 Å². The second-order valence-electron chi connectivity index (χ2n) is 15.8. The zero-order valence-corrected chi connectivity index (χ0v) is 32.2. The molecule has 2 aliphatic rings. The number of hydrogen-bond acceptors (Lipinski definition) is 7. The second kappa shape index (κ2) is 15.0. The maximum atomic E-state index is 14.6. The van der Waals surface area contributed by atoms with Crippen LogP contribution in [0.3, 0.4) is 0 Å². The monoisotopic (exact) mass is 736 g/mol. The van der Waals surface area contributed by atoms with E-state index in [0.717, 1.165) is 28.5 Å². The lowest BCUT2D eigenvalue weighted by atomic mass is 10.0. The van der Waals surface area contributed by atoms with Crippen molar-refractivity contribution in [1.82, 2.24) is 39.8 Å². The molecule has 0 saturated carbocycles. The molecular formula is C36H52N8O5SSi. The van der Waals surface area contributed by atoms with Crippen LogP contribution < -0.4 is 11.0 Å². The van der Waals surface area contributed by atoms with E-state index in [1.807, 2.05) is 24.3 Å². The third kappa shape index (κ3) is 8.41. The van der Waals surface area contributed by atoms with E-state index in [4.69, 9.17) is 0 Å². The quantitative estimate of drug-likeness (QED) is 0.195. The third-order valence-corrected chi connectivity index (χ3v) is 14.4. The first kappa shape index (κ1) is 36.8. The average Bonchev–Trinajstić information content (AvgIpc) is 3.69. The molecular weight excluding hydrogens is 685 g/mol. The van der Waals surface area contributed by atoms with Gasteiger partial charge in [0.05, 0.1) is 22.7 Å². The number of H-pyrrole nitrogens is 2. The van der Waals surface area contributed by atoms with Crippen molar-refractivity contribution in [3.05, 3.63) is 64.7 Å². The maximum Gasteiger partial charge on any atom is 0.326 e. The number of amides is 3. The predicted molar refractivity (Wildman–Crippen MR) is 203 cm³/mol. The van der Waals surface area contributed by atoms with E-state index >= 15 is 0 Å². The largest absolute Gasteiger partial charge is 0.338 e. The molecule has 2 unspecified atom stereocenters. The molecule has 2 aromatic carbocycles. The Kier molecular flexibility index (Phi) is 10.8. The van der Waals surface area contributed by atoms with Crippen molar-refractivity contribution in [3.8, 4) is 0 Å². The van der Waals surface area contributed by atoms with Crippen LogP contribution >= 0.6 is 0 Å². The van der Waals surface area contributed by atoms with Gasteiger partial charge in [-0.05, 0) is 54.6 Å². The number of sulfone groups is 1. The molecule has 51 heavy (non-hydrogen) atoms. The molecule has 276 valence electrons. The van der Waals surface area contributed by atoms with Gasteiger partial charge in [-0.3, -0.25) is 19.4 Å². The van der Waals surface area contributed by atoms with Crippen molar-refractivity contribution >= 4 is 51.8 Å². The summed E-state index contributed by atoms with van der Waals surface area (Å²) in [5.74, 6) is 0.0158. The molecule has 3 amide bonds. The van der Waals surface area contributed by atoms with Gasteiger partial charge in [0.1, 0.15) is 11.3 Å². The number of nitrogens with one attached hydrogen (secondary N) is 3. The highest BCUT2D eigenvalue weighted by molar-refractivity contribution is 7.91. The fourth-order valence-electron chi connectivity index (χ4n) is 7.44. The molecule has 2 aliphatic heterocycles. The Balaban J connectivity index is 1.29. The lowest BCUT2D eigenvalue weighted by Gasteiger charge is -2.39. The van der Waals surface area contributed by atoms with Crippen LogP contribution in [0.4, 0.5) is 4.79 Å². The second-order valence-corrected chi connectivity index (χ2v) is 23.7. The summed E-state index contributed by atoms with van der Waals surface area (Å²) in [6.07, 6.45) is 2.72. The minimum atomic E-state index is -3.94. The van der Waals surface area contributed by atoms with Crippen LogP contribution in [0.1, 0.15) is 43.5 Å². The van der Waals surface area contributed by atoms with Gasteiger partial charge in [-0.15, -0.1) is 0 Å². The van der Waals surface area contributed by atoms with Crippen molar-refractivity contribution in [3.63, 3.8) is 0 Å². The van der Waals surface area contributed by atoms with Crippen LogP contribution in [0.25, 0.3) is 21.9 Å². The number of piperidine rings is 1. The SMILES string of the molecule is CC(C)CN1CCN(C(=O)C(NC(=O)N2CCC(n3c(=O)[nH]c4ccccc43)CC2)C(c2ccc3[nH]ncc3c2)S(=O)(=O)CC[Si](C)(C)C)CC1. The Morgan fingerprint density at radius 3 is 2.35 bits per heavy atom. The number of carbonyl (C=O) groups is 2. The van der Waals surface area contributed by atoms with Crippen LogP contribution in [-0.2, 0) is 14.6 Å². The number of fused-ring (bicyclic) bond motifs is 2. The van der Waals surface area contributed by atoms with Crippen molar-refractivity contribution in [2.45, 2.75) is 69.7 Å². The van der Waals surface area contributed by atoms with Gasteiger partial charge in [0, 0.05) is 71.1 Å². The minimum absolute atomic E-state index is 0.0800. The first-order valence-electron chi connectivity index (χ1n) is 18.1. The Bertz CT molecular complexity index is 2020. The number of piperazine rings is 1. The average molecular weight is 737 g/mol. The van der Waals surface area contributed by atoms with Gasteiger partial charge < -0.3 is 20.1 Å². The number of aromatic nitrogens is 4. The van der Waals surface area contributed by atoms with Gasteiger partial charge >= 0.3 is 11.7 Å². The zero-order valence-electron chi connectivity index (χ0n) is 30.4. The standard InChI is InChI=1S/C36H52N8O5SSi/c1-25(2)24-41-16-18-42(19-17-41)34(45)32(33(50(48,49)20-21-51(3,4)5)26-10-11-29-27(22-26)23-37-40-29)39-35(46)43-14-12-28(13-15-43)44-31-9-7-6-8-30(31)38-36(44)47/h6-11,22-23,25,28,32-33H,12-21,24H2,1-5H3,(H,37,40)(H,38,47)(H,39,46). The summed E-state index contributed by atoms with van der Waals surface area (Å²) in [6, 6.07) is 11.5. The number of rotatable bonds is 11. The van der Waals surface area contributed by atoms with Gasteiger partial charge in [-0.25, -0.2) is 18.0 Å². The summed E-state index contributed by atoms with van der Waals surface area (Å²) in [5.41, 5.74) is 2.62. The Morgan fingerprint density at radius 2 is 1.67 bits per heavy atom. The molecule has 0 radical (unpaired) electrons. The van der Waals surface area contributed by atoms with Crippen LogP contribution in [0, 0.1) is 5.92 Å². The summed E-state index contributed by atoms with van der Waals surface area (Å²) < 4.78 is 30.9. The molecule has 2 saturated heterocycles. The molecule has 6 rings (SSSR count). The first-order valence-corrected chi connectivity index (χ1v) is 23.5. The Morgan fingerprint density at radius 1 is 0.961 bits per heavy atom. The van der Waals surface area contributed by atoms with E-state index in [-0.39, 0.29) is 23.4 Å². The van der Waals surface area contributed by atoms with Crippen LogP contribution in [0.5, 0.6) is 0 Å². The molecule has 0 aliphatic carbocycles. The molecule has 2 aromatic heterocycles. The van der Waals surface area contributed by atoms with Crippen LogP contribution in [0.2, 0.25) is 25.7 Å². The number of likely N-dealkylation sites (tertiary alicyclic amines) is 1. The summed E-state index contributed by atoms with van der Waals surface area (Å²) in [5, 5.41) is 9.46. The van der Waals surface area contributed by atoms with Crippen molar-refractivity contribution in [1.29, 1.82) is 0 Å². The highest BCUT2D eigenvalue weighted by atomic mass is 32.2. The molecule has 4 aromatic rings. The summed E-state index contributed by atoms with van der Waals surface area (Å²) in [7, 11) is -5.73. The number of imidazole rings is 1. The predicted octanol–water partition coefficient (Wildman–Crippen LogP) is 4.22. The van der Waals surface area contributed by atoms with Crippen LogP contribution in [-0.4, -0.2) is 120 Å². The number of aromatic amines is 2. The van der Waals surface area contributed by atoms with E-state index in [0.29, 0.717) is 69.6 Å². The van der Waals surface area contributed by atoms with Gasteiger partial charge in [-0.2, -0.15) is 5.10 Å². The van der Waals surface area contributed by atoms with E-state index in [1.54, 1.807) is 38.8 Å². The third-order valence-electron chi connectivity index (χ3n) is 10.2. The summed E-state index contributed by atoms with van der Waals surface area (Å²) in [6.45, 7) is 14.6. The molecule has 13 nitrogen and oxygen atoms in total. The summed E-state index contributed by atoms with van der Waals surface area (Å²) >= 11 is 0. The van der Waals surface area contributed by atoms with Crippen LogP contribution in [0.15, 0.2) is 53.5 Å². The lowest BCUT2D eigenvalue weighted by Crippen LogP contribution is -2.59. The fourth-order valence-corrected chi connectivity index (χ4v) is 12.4. The van der Waals surface area contributed by atoms with E-state index in [2.05, 4.69) is 58.9 Å². The van der Waals surface area contributed by atoms with Crippen molar-refractivity contribution < 1.29 is 18.0 Å². The summed E-state index contributed by atoms with van der Waals surface area (Å²) in [4.78, 5) is 50.3. The number of para-hydroxylation sites is 2. The number of hydrogen-bond donors (Lipinski definition) is 3. The number of benzene rings is 2. The minimum Gasteiger partial charge on any atom is -0.338 e. The number of nitrogens with zero attached hydrogens (tertiary/aromatic N) is 5. The van der Waals surface area contributed by atoms with Crippen molar-refractivity contribution in [2.24, 2.45) is 5.92 Å². The normalized spacial score (nSPS) is 18.1. The topological polar surface area (TPSA) is 156 Å². The number of urea groups is 1. The molecule has 3 N–H and O–H groups in total. The van der Waals surface area contributed by atoms with E-state index in [9.17, 15) is 22.8 Å². The molecule has 2 fully saturated rings. The van der Waals surface area contributed by atoms with Gasteiger partial charge in [0.2, 0.25) is 5.91 Å². The molecule has 0 bridgehead atoms. The van der Waals surface area contributed by atoms with E-state index < -0.39 is 35.2 Å². The highest BCUT2D eigenvalue weighted by Gasteiger charge is 2.44. The fraction of sp³-hybridized carbons (Fsp3) is 0.556. The molecule has 4 heterocycles. The highest BCUT2D eigenvalue weighted by Crippen LogP contribution is 2.33. The first-order chi connectivity index (χ1) is 24.2. The lowest BCUT2D eigenvalue weighted by molar-refractivity contribution is -0.135. The molecule has 2 atom stereocenters.